The van der Waals surface area contributed by atoms with E-state index < -0.39 is 5.60 Å². The minimum Gasteiger partial charge on any atom is -0.388 e. The van der Waals surface area contributed by atoms with Gasteiger partial charge in [-0.2, -0.15) is 0 Å². The van der Waals surface area contributed by atoms with E-state index in [0.717, 1.165) is 42.9 Å². The topological polar surface area (TPSA) is 75.3 Å². The molecule has 1 fully saturated rings. The first-order valence-electron chi connectivity index (χ1n) is 7.70. The van der Waals surface area contributed by atoms with Crippen LogP contribution in [-0.2, 0) is 5.41 Å². The highest BCUT2D eigenvalue weighted by Gasteiger charge is 2.33. The number of aromatic nitrogens is 2. The van der Waals surface area contributed by atoms with Crippen molar-refractivity contribution in [1.29, 1.82) is 0 Å². The van der Waals surface area contributed by atoms with Gasteiger partial charge in [0.25, 0.3) is 0 Å². The van der Waals surface area contributed by atoms with Crippen molar-refractivity contribution in [1.82, 2.24) is 9.97 Å². The molecule has 0 aliphatic heterocycles. The molecule has 1 aromatic heterocycles. The van der Waals surface area contributed by atoms with Crippen molar-refractivity contribution in [2.75, 3.05) is 24.2 Å². The van der Waals surface area contributed by atoms with Crippen molar-refractivity contribution in [3.05, 3.63) is 11.4 Å². The number of nitrogen functional groups attached to an aromatic ring is 1. The molecule has 0 spiro atoms. The summed E-state index contributed by atoms with van der Waals surface area (Å²) in [6, 6.07) is 0. The van der Waals surface area contributed by atoms with E-state index in [2.05, 4.69) is 25.8 Å². The van der Waals surface area contributed by atoms with Crippen LogP contribution >= 0.6 is 0 Å². The molecule has 5 nitrogen and oxygen atoms in total. The summed E-state index contributed by atoms with van der Waals surface area (Å²) in [6.07, 6.45) is 3.93. The van der Waals surface area contributed by atoms with Crippen LogP contribution in [0.1, 0.15) is 57.8 Å². The lowest BCUT2D eigenvalue weighted by Gasteiger charge is -2.31. The summed E-state index contributed by atoms with van der Waals surface area (Å²) in [5, 5.41) is 10.6. The Hall–Kier alpha value is -1.36. The summed E-state index contributed by atoms with van der Waals surface area (Å²) in [5.41, 5.74) is 6.19. The fraction of sp³-hybridized carbons (Fsp3) is 0.750. The molecular weight excluding hydrogens is 264 g/mol. The van der Waals surface area contributed by atoms with Gasteiger partial charge in [0.1, 0.15) is 17.5 Å². The van der Waals surface area contributed by atoms with Gasteiger partial charge in [-0.25, -0.2) is 9.97 Å². The molecular formula is C16H28N4O. The highest BCUT2D eigenvalue weighted by Crippen LogP contribution is 2.32. The molecule has 1 aliphatic rings. The largest absolute Gasteiger partial charge is 0.388 e. The lowest BCUT2D eigenvalue weighted by atomic mass is 9.95. The Kier molecular flexibility index (Phi) is 4.15. The highest BCUT2D eigenvalue weighted by molar-refractivity contribution is 5.56. The molecule has 2 rings (SSSR count). The molecule has 1 saturated carbocycles. The molecule has 0 unspecified atom stereocenters. The number of rotatable bonds is 3. The Morgan fingerprint density at radius 1 is 1.24 bits per heavy atom. The van der Waals surface area contributed by atoms with E-state index in [-0.39, 0.29) is 5.41 Å². The third-order valence-corrected chi connectivity index (χ3v) is 4.26. The lowest BCUT2D eigenvalue weighted by molar-refractivity contribution is 0.0557. The number of hydrogen-bond donors (Lipinski definition) is 2. The monoisotopic (exact) mass is 292 g/mol. The van der Waals surface area contributed by atoms with E-state index in [4.69, 9.17) is 10.7 Å². The minimum atomic E-state index is -0.594. The molecule has 5 heteroatoms. The van der Waals surface area contributed by atoms with Crippen LogP contribution < -0.4 is 10.6 Å². The SMILES string of the molecule is Cc1c(N)nc(C(C)(C)C)nc1N(C)CC1(O)CCCC1. The zero-order valence-electron chi connectivity index (χ0n) is 13.9. The number of nitrogens with zero attached hydrogens (tertiary/aromatic N) is 3. The predicted molar refractivity (Wildman–Crippen MR) is 86.6 cm³/mol. The molecule has 0 bridgehead atoms. The average molecular weight is 292 g/mol. The summed E-state index contributed by atoms with van der Waals surface area (Å²) >= 11 is 0. The Morgan fingerprint density at radius 2 is 1.81 bits per heavy atom. The lowest BCUT2D eigenvalue weighted by Crippen LogP contribution is -2.40. The molecule has 21 heavy (non-hydrogen) atoms. The zero-order chi connectivity index (χ0) is 15.8. The Balaban J connectivity index is 2.31. The molecule has 1 aliphatic carbocycles. The van der Waals surface area contributed by atoms with Gasteiger partial charge in [-0.1, -0.05) is 33.6 Å². The Bertz CT molecular complexity index is 516. The number of anilines is 2. The number of nitrogens with two attached hydrogens (primary N) is 1. The van der Waals surface area contributed by atoms with Gasteiger partial charge in [-0.05, 0) is 19.8 Å². The van der Waals surface area contributed by atoms with Crippen LogP contribution in [0.3, 0.4) is 0 Å². The maximum atomic E-state index is 10.6. The predicted octanol–water partition coefficient (Wildman–Crippen LogP) is 2.41. The summed E-state index contributed by atoms with van der Waals surface area (Å²) in [6.45, 7) is 8.75. The molecule has 0 radical (unpaired) electrons. The quantitative estimate of drug-likeness (QED) is 0.894. The van der Waals surface area contributed by atoms with E-state index >= 15 is 0 Å². The van der Waals surface area contributed by atoms with Crippen LogP contribution in [0.4, 0.5) is 11.6 Å². The van der Waals surface area contributed by atoms with Gasteiger partial charge in [-0.15, -0.1) is 0 Å². The second kappa shape index (κ2) is 5.44. The Labute approximate surface area is 127 Å². The molecule has 3 N–H and O–H groups in total. The summed E-state index contributed by atoms with van der Waals surface area (Å²) in [5.74, 6) is 2.09. The van der Waals surface area contributed by atoms with Gasteiger partial charge < -0.3 is 15.7 Å². The van der Waals surface area contributed by atoms with Crippen molar-refractivity contribution in [2.45, 2.75) is 64.4 Å². The van der Waals surface area contributed by atoms with Crippen LogP contribution in [0.25, 0.3) is 0 Å². The van der Waals surface area contributed by atoms with Gasteiger partial charge in [0.05, 0.1) is 5.60 Å². The molecule has 0 amide bonds. The third kappa shape index (κ3) is 3.46. The first kappa shape index (κ1) is 16.0. The van der Waals surface area contributed by atoms with E-state index in [1.807, 2.05) is 18.9 Å². The average Bonchev–Trinajstić information content (AvgIpc) is 2.77. The molecule has 1 aromatic rings. The second-order valence-electron chi connectivity index (χ2n) is 7.42. The first-order chi connectivity index (χ1) is 9.62. The van der Waals surface area contributed by atoms with Crippen LogP contribution in [0.5, 0.6) is 0 Å². The van der Waals surface area contributed by atoms with Crippen LogP contribution in [0.15, 0.2) is 0 Å². The van der Waals surface area contributed by atoms with Crippen molar-refractivity contribution in [2.24, 2.45) is 0 Å². The van der Waals surface area contributed by atoms with E-state index in [9.17, 15) is 5.11 Å². The summed E-state index contributed by atoms with van der Waals surface area (Å²) in [4.78, 5) is 11.1. The van der Waals surface area contributed by atoms with Gasteiger partial charge in [0.15, 0.2) is 0 Å². The van der Waals surface area contributed by atoms with E-state index in [1.165, 1.54) is 0 Å². The number of aliphatic hydroxyl groups is 1. The fourth-order valence-corrected chi connectivity index (χ4v) is 2.94. The zero-order valence-corrected chi connectivity index (χ0v) is 13.9. The summed E-state index contributed by atoms with van der Waals surface area (Å²) < 4.78 is 0. The Morgan fingerprint density at radius 3 is 2.33 bits per heavy atom. The normalized spacial score (nSPS) is 18.0. The van der Waals surface area contributed by atoms with Crippen molar-refractivity contribution in [3.8, 4) is 0 Å². The van der Waals surface area contributed by atoms with Crippen LogP contribution in [0.2, 0.25) is 0 Å². The third-order valence-electron chi connectivity index (χ3n) is 4.26. The van der Waals surface area contributed by atoms with Gasteiger partial charge in [0, 0.05) is 24.6 Å². The van der Waals surface area contributed by atoms with Crippen molar-refractivity contribution >= 4 is 11.6 Å². The highest BCUT2D eigenvalue weighted by atomic mass is 16.3. The molecule has 1 heterocycles. The van der Waals surface area contributed by atoms with E-state index in [0.29, 0.717) is 12.4 Å². The van der Waals surface area contributed by atoms with Crippen molar-refractivity contribution in [3.63, 3.8) is 0 Å². The van der Waals surface area contributed by atoms with Gasteiger partial charge in [-0.3, -0.25) is 0 Å². The van der Waals surface area contributed by atoms with Gasteiger partial charge >= 0.3 is 0 Å². The minimum absolute atomic E-state index is 0.151. The maximum Gasteiger partial charge on any atom is 0.138 e. The molecule has 0 saturated heterocycles. The van der Waals surface area contributed by atoms with Gasteiger partial charge in [0.2, 0.25) is 0 Å². The standard InChI is InChI=1S/C16H28N4O/c1-11-12(17)18-14(15(2,3)4)19-13(11)20(5)10-16(21)8-6-7-9-16/h21H,6-10H2,1-5H3,(H2,17,18,19). The molecule has 118 valence electrons. The summed E-state index contributed by atoms with van der Waals surface area (Å²) in [7, 11) is 1.97. The van der Waals surface area contributed by atoms with E-state index in [1.54, 1.807) is 0 Å². The maximum absolute atomic E-state index is 10.6. The smallest absolute Gasteiger partial charge is 0.138 e. The molecule has 0 atom stereocenters. The number of hydrogen-bond acceptors (Lipinski definition) is 5. The fourth-order valence-electron chi connectivity index (χ4n) is 2.94. The van der Waals surface area contributed by atoms with Crippen LogP contribution in [0, 0.1) is 6.92 Å². The second-order valence-corrected chi connectivity index (χ2v) is 7.42. The molecule has 0 aromatic carbocycles. The number of likely N-dealkylation sites (N-methyl/N-ethyl adjacent to an activating group) is 1. The van der Waals surface area contributed by atoms with Crippen LogP contribution in [-0.4, -0.2) is 34.3 Å². The van der Waals surface area contributed by atoms with Crippen molar-refractivity contribution < 1.29 is 5.11 Å². The first-order valence-corrected chi connectivity index (χ1v) is 7.70.